The number of nitrogens with one attached hydrogen (secondary N) is 2. The van der Waals surface area contributed by atoms with Crippen molar-refractivity contribution in [3.63, 3.8) is 0 Å². The van der Waals surface area contributed by atoms with Gasteiger partial charge in [-0.25, -0.2) is 9.59 Å². The molecule has 2 amide bonds. The summed E-state index contributed by atoms with van der Waals surface area (Å²) in [6.45, 7) is 10.9. The van der Waals surface area contributed by atoms with Gasteiger partial charge in [-0.1, -0.05) is 24.3 Å². The molecule has 8 nitrogen and oxygen atoms in total. The van der Waals surface area contributed by atoms with Gasteiger partial charge >= 0.3 is 12.2 Å². The van der Waals surface area contributed by atoms with E-state index in [2.05, 4.69) is 34.9 Å². The van der Waals surface area contributed by atoms with Crippen molar-refractivity contribution in [3.8, 4) is 0 Å². The predicted molar refractivity (Wildman–Crippen MR) is 141 cm³/mol. The molecular formula is C28H46N2O6. The van der Waals surface area contributed by atoms with Crippen molar-refractivity contribution in [1.29, 1.82) is 0 Å². The molecule has 2 aliphatic carbocycles. The molecule has 0 aromatic rings. The number of amides is 2. The van der Waals surface area contributed by atoms with Gasteiger partial charge in [0, 0.05) is 23.9 Å². The maximum Gasteiger partial charge on any atom is 0.407 e. The number of hydrogen-bond acceptors (Lipinski definition) is 6. The first kappa shape index (κ1) is 31.4. The molecule has 36 heavy (non-hydrogen) atoms. The Bertz CT molecular complexity index is 699. The molecule has 0 heterocycles. The van der Waals surface area contributed by atoms with Gasteiger partial charge < -0.3 is 29.7 Å². The van der Waals surface area contributed by atoms with E-state index in [0.29, 0.717) is 0 Å². The first-order chi connectivity index (χ1) is 16.8. The van der Waals surface area contributed by atoms with Crippen molar-refractivity contribution in [2.75, 3.05) is 0 Å². The molecule has 4 atom stereocenters. The molecule has 0 aromatic heterocycles. The van der Waals surface area contributed by atoms with Crippen molar-refractivity contribution in [2.24, 2.45) is 11.8 Å². The Labute approximate surface area is 216 Å². The van der Waals surface area contributed by atoms with Crippen LogP contribution < -0.4 is 10.6 Å². The number of carbonyl (C=O) groups excluding carboxylic acids is 4. The van der Waals surface area contributed by atoms with E-state index in [9.17, 15) is 19.2 Å². The van der Waals surface area contributed by atoms with E-state index in [1.165, 1.54) is 0 Å². The maximum absolute atomic E-state index is 11.7. The Balaban J connectivity index is 0.000000360. The van der Waals surface area contributed by atoms with Gasteiger partial charge in [-0.3, -0.25) is 0 Å². The highest BCUT2D eigenvalue weighted by molar-refractivity contribution is 5.69. The van der Waals surface area contributed by atoms with E-state index in [4.69, 9.17) is 9.47 Å². The smallest absolute Gasteiger partial charge is 0.407 e. The van der Waals surface area contributed by atoms with Crippen molar-refractivity contribution in [2.45, 2.75) is 116 Å². The molecule has 2 aliphatic rings. The van der Waals surface area contributed by atoms with Gasteiger partial charge in [0.05, 0.1) is 0 Å². The quantitative estimate of drug-likeness (QED) is 0.376. The molecular weight excluding hydrogens is 460 g/mol. The fourth-order valence-corrected chi connectivity index (χ4v) is 4.03. The van der Waals surface area contributed by atoms with Gasteiger partial charge in [0.2, 0.25) is 0 Å². The van der Waals surface area contributed by atoms with Crippen molar-refractivity contribution in [3.05, 3.63) is 24.3 Å². The van der Waals surface area contributed by atoms with Crippen LogP contribution in [0.3, 0.4) is 0 Å². The summed E-state index contributed by atoms with van der Waals surface area (Å²) in [5.41, 5.74) is -1.02. The lowest BCUT2D eigenvalue weighted by atomic mass is 9.90. The van der Waals surface area contributed by atoms with E-state index in [-0.39, 0.29) is 23.9 Å². The lowest BCUT2D eigenvalue weighted by molar-refractivity contribution is -0.112. The molecule has 204 valence electrons. The minimum Gasteiger partial charge on any atom is -0.444 e. The molecule has 0 radical (unpaired) electrons. The van der Waals surface area contributed by atoms with Crippen LogP contribution in [0, 0.1) is 11.8 Å². The van der Waals surface area contributed by atoms with Gasteiger partial charge in [0.15, 0.2) is 0 Å². The van der Waals surface area contributed by atoms with Gasteiger partial charge in [-0.05, 0) is 92.9 Å². The highest BCUT2D eigenvalue weighted by atomic mass is 16.6. The molecule has 8 heteroatoms. The third kappa shape index (κ3) is 14.0. The monoisotopic (exact) mass is 506 g/mol. The Morgan fingerprint density at radius 2 is 0.944 bits per heavy atom. The highest BCUT2D eigenvalue weighted by Crippen LogP contribution is 2.20. The van der Waals surface area contributed by atoms with Crippen LogP contribution >= 0.6 is 0 Å². The van der Waals surface area contributed by atoms with Crippen LogP contribution in [0.1, 0.15) is 92.9 Å². The molecule has 2 N–H and O–H groups in total. The average Bonchev–Trinajstić information content (AvgIpc) is 2.70. The predicted octanol–water partition coefficient (Wildman–Crippen LogP) is 5.65. The molecule has 0 spiro atoms. The second kappa shape index (κ2) is 15.5. The Kier molecular flexibility index (Phi) is 13.5. The molecule has 0 saturated carbocycles. The van der Waals surface area contributed by atoms with Gasteiger partial charge in [0.1, 0.15) is 23.8 Å². The normalized spacial score (nSPS) is 26.6. The number of hydrogen-bond donors (Lipinski definition) is 2. The first-order valence-electron chi connectivity index (χ1n) is 13.0. The van der Waals surface area contributed by atoms with Crippen molar-refractivity contribution < 1.29 is 28.7 Å². The zero-order valence-electron chi connectivity index (χ0n) is 22.9. The van der Waals surface area contributed by atoms with E-state index >= 15 is 0 Å². The number of alkyl carbamates (subject to hydrolysis) is 2. The zero-order chi connectivity index (χ0) is 27.2. The van der Waals surface area contributed by atoms with Gasteiger partial charge in [0.25, 0.3) is 0 Å². The van der Waals surface area contributed by atoms with E-state index in [1.807, 2.05) is 41.5 Å². The summed E-state index contributed by atoms with van der Waals surface area (Å²) in [5, 5.41) is 5.64. The fourth-order valence-electron chi connectivity index (χ4n) is 4.03. The first-order valence-corrected chi connectivity index (χ1v) is 13.0. The largest absolute Gasteiger partial charge is 0.444 e. The molecule has 0 fully saturated rings. The summed E-state index contributed by atoms with van der Waals surface area (Å²) < 4.78 is 10.4. The minimum atomic E-state index is -0.512. The van der Waals surface area contributed by atoms with E-state index in [0.717, 1.165) is 63.9 Å². The SMILES string of the molecule is CC(C)(C)OC(=O)N[C@@H]1CC/C=C\CC[C@@H]1C=O.CC(C)(C)OC(=O)N[C@H]1CC/C=C\CC[C@H]1C=O. The van der Waals surface area contributed by atoms with Crippen LogP contribution in [0.15, 0.2) is 24.3 Å². The second-order valence-electron chi connectivity index (χ2n) is 11.4. The summed E-state index contributed by atoms with van der Waals surface area (Å²) in [7, 11) is 0. The second-order valence-corrected chi connectivity index (χ2v) is 11.4. The Morgan fingerprint density at radius 3 is 1.22 bits per heavy atom. The lowest BCUT2D eigenvalue weighted by Gasteiger charge is -2.27. The number of allylic oxidation sites excluding steroid dienone is 4. The summed E-state index contributed by atoms with van der Waals surface area (Å²) in [5.74, 6) is -0.245. The molecule has 0 aromatic carbocycles. The topological polar surface area (TPSA) is 111 Å². The van der Waals surface area contributed by atoms with Crippen molar-refractivity contribution >= 4 is 24.8 Å². The van der Waals surface area contributed by atoms with Crippen LogP contribution in [0.5, 0.6) is 0 Å². The number of aldehydes is 2. The van der Waals surface area contributed by atoms with Gasteiger partial charge in [-0.15, -0.1) is 0 Å². The van der Waals surface area contributed by atoms with Crippen LogP contribution in [0.25, 0.3) is 0 Å². The summed E-state index contributed by atoms with van der Waals surface area (Å²) in [4.78, 5) is 45.6. The molecule has 0 unspecified atom stereocenters. The lowest BCUT2D eigenvalue weighted by Crippen LogP contribution is -2.43. The Hall–Kier alpha value is -2.64. The highest BCUT2D eigenvalue weighted by Gasteiger charge is 2.26. The molecule has 2 rings (SSSR count). The van der Waals surface area contributed by atoms with Crippen LogP contribution in [-0.2, 0) is 19.1 Å². The third-order valence-electron chi connectivity index (χ3n) is 5.74. The molecule has 0 saturated heterocycles. The van der Waals surface area contributed by atoms with Crippen LogP contribution in [0.2, 0.25) is 0 Å². The zero-order valence-corrected chi connectivity index (χ0v) is 22.9. The molecule has 0 aliphatic heterocycles. The number of rotatable bonds is 4. The van der Waals surface area contributed by atoms with E-state index in [1.54, 1.807) is 0 Å². The molecule has 0 bridgehead atoms. The minimum absolute atomic E-state index is 0.123. The standard InChI is InChI=1S/2C14H23NO3/c2*1-14(2,3)18-13(17)15-12-9-7-5-4-6-8-11(12)10-16/h2*4-5,10-12H,6-9H2,1-3H3,(H,15,17)/b2*5-4-/t2*11-,12-/m10/s1. The third-order valence-corrected chi connectivity index (χ3v) is 5.74. The Morgan fingerprint density at radius 1 is 0.639 bits per heavy atom. The van der Waals surface area contributed by atoms with Gasteiger partial charge in [-0.2, -0.15) is 0 Å². The average molecular weight is 507 g/mol. The van der Waals surface area contributed by atoms with E-state index < -0.39 is 23.4 Å². The van der Waals surface area contributed by atoms with Crippen LogP contribution in [0.4, 0.5) is 9.59 Å². The summed E-state index contributed by atoms with van der Waals surface area (Å²) in [6.07, 6.45) is 16.0. The van der Waals surface area contributed by atoms with Crippen molar-refractivity contribution in [1.82, 2.24) is 10.6 Å². The fraction of sp³-hybridized carbons (Fsp3) is 0.714. The number of carbonyl (C=O) groups is 4. The van der Waals surface area contributed by atoms with Crippen LogP contribution in [-0.4, -0.2) is 48.0 Å². The summed E-state index contributed by atoms with van der Waals surface area (Å²) >= 11 is 0. The summed E-state index contributed by atoms with van der Waals surface area (Å²) in [6, 6.07) is -0.246. The number of ether oxygens (including phenoxy) is 2. The maximum atomic E-state index is 11.7.